The fraction of sp³-hybridized carbons (Fsp3) is 0.292. The average Bonchev–Trinajstić information content (AvgIpc) is 3.18. The van der Waals surface area contributed by atoms with E-state index in [1.54, 1.807) is 31.6 Å². The quantitative estimate of drug-likeness (QED) is 0.248. The minimum Gasteiger partial charge on any atom is -0.485 e. The summed E-state index contributed by atoms with van der Waals surface area (Å²) in [6, 6.07) is 8.11. The zero-order valence-electron chi connectivity index (χ0n) is 19.6. The summed E-state index contributed by atoms with van der Waals surface area (Å²) in [5.41, 5.74) is 6.77. The molecule has 0 radical (unpaired) electrons. The molecule has 0 bridgehead atoms. The van der Waals surface area contributed by atoms with E-state index < -0.39 is 5.82 Å². The molecule has 34 heavy (non-hydrogen) atoms. The van der Waals surface area contributed by atoms with Crippen molar-refractivity contribution in [1.29, 1.82) is 5.41 Å². The molecule has 1 aromatic carbocycles. The summed E-state index contributed by atoms with van der Waals surface area (Å²) >= 11 is 3.38. The van der Waals surface area contributed by atoms with Gasteiger partial charge in [-0.1, -0.05) is 6.92 Å². The summed E-state index contributed by atoms with van der Waals surface area (Å²) in [6.07, 6.45) is 4.72. The van der Waals surface area contributed by atoms with Crippen molar-refractivity contribution in [3.05, 3.63) is 81.1 Å². The second kappa shape index (κ2) is 11.8. The van der Waals surface area contributed by atoms with Gasteiger partial charge in [-0.05, 0) is 58.3 Å². The molecule has 8 nitrogen and oxygen atoms in total. The maximum Gasteiger partial charge on any atom is 0.192 e. The van der Waals surface area contributed by atoms with Gasteiger partial charge in [-0.3, -0.25) is 14.9 Å². The van der Waals surface area contributed by atoms with E-state index in [2.05, 4.69) is 43.7 Å². The number of hydrogen-bond acceptors (Lipinski definition) is 7. The van der Waals surface area contributed by atoms with Crippen molar-refractivity contribution in [2.75, 3.05) is 19.6 Å². The molecule has 3 rings (SSSR count). The molecule has 2 heterocycles. The van der Waals surface area contributed by atoms with Crippen molar-refractivity contribution in [3.63, 3.8) is 0 Å². The Morgan fingerprint density at radius 3 is 2.76 bits per heavy atom. The lowest BCUT2D eigenvalue weighted by atomic mass is 9.95. The SMILES string of the molecule is CCc1cc(C/C(=C/NC)C(=N)c2ccc(F)cc2COc2cc(Br)cnc2NOC)n(C)n1. The van der Waals surface area contributed by atoms with Crippen molar-refractivity contribution < 1.29 is 14.0 Å². The third-order valence-corrected chi connectivity index (χ3v) is 5.57. The normalized spacial score (nSPS) is 11.4. The van der Waals surface area contributed by atoms with E-state index in [0.29, 0.717) is 29.1 Å². The first-order valence-electron chi connectivity index (χ1n) is 10.7. The number of aryl methyl sites for hydroxylation is 2. The van der Waals surface area contributed by atoms with Crippen LogP contribution in [-0.2, 0) is 31.3 Å². The van der Waals surface area contributed by atoms with Crippen LogP contribution in [0.3, 0.4) is 0 Å². The maximum atomic E-state index is 14.2. The molecule has 0 unspecified atom stereocenters. The molecule has 0 amide bonds. The van der Waals surface area contributed by atoms with Gasteiger partial charge in [0.15, 0.2) is 11.6 Å². The van der Waals surface area contributed by atoms with E-state index >= 15 is 0 Å². The first kappa shape index (κ1) is 25.4. The van der Waals surface area contributed by atoms with Gasteiger partial charge in [-0.25, -0.2) is 14.9 Å². The molecule has 180 valence electrons. The van der Waals surface area contributed by atoms with Gasteiger partial charge in [0.2, 0.25) is 0 Å². The second-order valence-electron chi connectivity index (χ2n) is 7.51. The van der Waals surface area contributed by atoms with Gasteiger partial charge in [0, 0.05) is 54.2 Å². The predicted octanol–water partition coefficient (Wildman–Crippen LogP) is 4.55. The van der Waals surface area contributed by atoms with E-state index in [0.717, 1.165) is 27.9 Å². The van der Waals surface area contributed by atoms with Gasteiger partial charge >= 0.3 is 0 Å². The third-order valence-electron chi connectivity index (χ3n) is 5.14. The molecule has 0 aliphatic heterocycles. The van der Waals surface area contributed by atoms with Gasteiger partial charge in [0.1, 0.15) is 12.4 Å². The van der Waals surface area contributed by atoms with E-state index in [-0.39, 0.29) is 12.3 Å². The van der Waals surface area contributed by atoms with Crippen LogP contribution in [0.5, 0.6) is 5.75 Å². The summed E-state index contributed by atoms with van der Waals surface area (Å²) in [6.45, 7) is 2.09. The highest BCUT2D eigenvalue weighted by Gasteiger charge is 2.17. The lowest BCUT2D eigenvalue weighted by molar-refractivity contribution is 0.259. The smallest absolute Gasteiger partial charge is 0.192 e. The van der Waals surface area contributed by atoms with Gasteiger partial charge in [0.25, 0.3) is 0 Å². The Morgan fingerprint density at radius 1 is 1.29 bits per heavy atom. The van der Waals surface area contributed by atoms with Crippen molar-refractivity contribution in [3.8, 4) is 5.75 Å². The Hall–Kier alpha value is -3.24. The van der Waals surface area contributed by atoms with Crippen molar-refractivity contribution in [1.82, 2.24) is 20.1 Å². The Labute approximate surface area is 206 Å². The molecule has 3 N–H and O–H groups in total. The third kappa shape index (κ3) is 6.21. The number of nitrogens with zero attached hydrogens (tertiary/aromatic N) is 3. The zero-order valence-corrected chi connectivity index (χ0v) is 21.2. The lowest BCUT2D eigenvalue weighted by Gasteiger charge is -2.16. The Kier molecular flexibility index (Phi) is 8.78. The van der Waals surface area contributed by atoms with Crippen LogP contribution in [0.1, 0.15) is 29.4 Å². The molecule has 0 spiro atoms. The molecule has 0 saturated heterocycles. The molecule has 0 atom stereocenters. The maximum absolute atomic E-state index is 14.2. The van der Waals surface area contributed by atoms with Crippen LogP contribution in [-0.4, -0.2) is 34.6 Å². The predicted molar refractivity (Wildman–Crippen MR) is 134 cm³/mol. The summed E-state index contributed by atoms with van der Waals surface area (Å²) in [7, 11) is 5.15. The molecule has 10 heteroatoms. The molecule has 0 aliphatic rings. The molecule has 0 aliphatic carbocycles. The van der Waals surface area contributed by atoms with E-state index in [1.807, 2.05) is 17.8 Å². The molecular formula is C24H28BrFN6O2. The van der Waals surface area contributed by atoms with Crippen LogP contribution in [0, 0.1) is 11.2 Å². The lowest BCUT2D eigenvalue weighted by Crippen LogP contribution is -2.15. The van der Waals surface area contributed by atoms with Crippen LogP contribution in [0.2, 0.25) is 0 Å². The second-order valence-corrected chi connectivity index (χ2v) is 8.43. The van der Waals surface area contributed by atoms with Crippen LogP contribution >= 0.6 is 15.9 Å². The highest BCUT2D eigenvalue weighted by Crippen LogP contribution is 2.28. The Morgan fingerprint density at radius 2 is 2.09 bits per heavy atom. The molecular weight excluding hydrogens is 503 g/mol. The molecule has 2 aromatic heterocycles. The molecule has 0 saturated carbocycles. The average molecular weight is 531 g/mol. The Bertz CT molecular complexity index is 1190. The number of benzene rings is 1. The minimum absolute atomic E-state index is 0.0323. The van der Waals surface area contributed by atoms with Crippen LogP contribution in [0.4, 0.5) is 10.2 Å². The first-order chi connectivity index (χ1) is 16.4. The van der Waals surface area contributed by atoms with Gasteiger partial charge in [-0.15, -0.1) is 0 Å². The van der Waals surface area contributed by atoms with Crippen LogP contribution in [0.25, 0.3) is 0 Å². The number of pyridine rings is 1. The van der Waals surface area contributed by atoms with Gasteiger partial charge in [-0.2, -0.15) is 5.10 Å². The number of nitrogens with one attached hydrogen (secondary N) is 3. The topological polar surface area (TPSA) is 97.1 Å². The highest BCUT2D eigenvalue weighted by molar-refractivity contribution is 9.10. The standard InChI is InChI=1S/C24H28BrFN6O2/c1-5-19-11-20(32(3)30-19)9-15(12-28-2)23(27)21-7-6-18(26)8-16(21)14-34-22-10-17(25)13-29-24(22)31-33-4/h6-8,10-13,27-28H,5,9,14H2,1-4H3,(H,29,31)/b15-12-,27-23?. The molecule has 3 aromatic rings. The fourth-order valence-corrected chi connectivity index (χ4v) is 3.76. The van der Waals surface area contributed by atoms with E-state index in [4.69, 9.17) is 15.0 Å². The zero-order chi connectivity index (χ0) is 24.7. The largest absolute Gasteiger partial charge is 0.485 e. The number of hydrogen-bond donors (Lipinski definition) is 3. The number of allylic oxidation sites excluding steroid dienone is 1. The van der Waals surface area contributed by atoms with Gasteiger partial charge < -0.3 is 10.1 Å². The number of halogens is 2. The highest BCUT2D eigenvalue weighted by atomic mass is 79.9. The number of anilines is 1. The Balaban J connectivity index is 1.89. The summed E-state index contributed by atoms with van der Waals surface area (Å²) < 4.78 is 22.7. The van der Waals surface area contributed by atoms with Crippen LogP contribution < -0.4 is 15.5 Å². The monoisotopic (exact) mass is 530 g/mol. The minimum atomic E-state index is -0.406. The van der Waals surface area contributed by atoms with Crippen molar-refractivity contribution in [2.24, 2.45) is 7.05 Å². The number of rotatable bonds is 11. The van der Waals surface area contributed by atoms with Crippen molar-refractivity contribution in [2.45, 2.75) is 26.4 Å². The number of aromatic nitrogens is 3. The van der Waals surface area contributed by atoms with Gasteiger partial charge in [0.05, 0.1) is 18.5 Å². The first-order valence-corrected chi connectivity index (χ1v) is 11.5. The van der Waals surface area contributed by atoms with E-state index in [9.17, 15) is 4.39 Å². The number of ether oxygens (including phenoxy) is 1. The summed E-state index contributed by atoms with van der Waals surface area (Å²) in [5.74, 6) is 0.402. The van der Waals surface area contributed by atoms with Crippen molar-refractivity contribution >= 4 is 27.5 Å². The summed E-state index contributed by atoms with van der Waals surface area (Å²) in [4.78, 5) is 9.17. The fourth-order valence-electron chi connectivity index (χ4n) is 3.45. The van der Waals surface area contributed by atoms with E-state index in [1.165, 1.54) is 19.2 Å². The molecule has 0 fully saturated rings. The summed E-state index contributed by atoms with van der Waals surface area (Å²) in [5, 5.41) is 16.5. The van der Waals surface area contributed by atoms with Crippen LogP contribution in [0.15, 0.2) is 52.8 Å².